The van der Waals surface area contributed by atoms with Gasteiger partial charge in [-0.25, -0.2) is 4.68 Å². The molecule has 128 valence electrons. The number of nitrogens with one attached hydrogen (secondary N) is 1. The van der Waals surface area contributed by atoms with Crippen LogP contribution in [0.1, 0.15) is 5.76 Å². The van der Waals surface area contributed by atoms with Crippen molar-refractivity contribution in [1.82, 2.24) is 25.5 Å². The summed E-state index contributed by atoms with van der Waals surface area (Å²) in [6.45, 7) is 1.50. The third-order valence-corrected chi connectivity index (χ3v) is 4.53. The van der Waals surface area contributed by atoms with Gasteiger partial charge in [-0.05, 0) is 34.7 Å². The maximum atomic E-state index is 6.18. The summed E-state index contributed by atoms with van der Waals surface area (Å²) in [6.07, 6.45) is 0. The zero-order valence-corrected chi connectivity index (χ0v) is 15.3. The summed E-state index contributed by atoms with van der Waals surface area (Å²) >= 11 is 7.79. The van der Waals surface area contributed by atoms with E-state index >= 15 is 0 Å². The Hall–Kier alpha value is -1.54. The van der Waals surface area contributed by atoms with Crippen LogP contribution in [-0.4, -0.2) is 32.5 Å². The number of aromatic nitrogens is 4. The van der Waals surface area contributed by atoms with Crippen LogP contribution in [0.15, 0.2) is 46.0 Å². The minimum atomic E-state index is 0. The summed E-state index contributed by atoms with van der Waals surface area (Å²) in [4.78, 5) is 0. The molecule has 2 aromatic heterocycles. The maximum absolute atomic E-state index is 6.18. The molecule has 0 aliphatic heterocycles. The van der Waals surface area contributed by atoms with Gasteiger partial charge < -0.3 is 22.1 Å². The number of halogens is 2. The van der Waals surface area contributed by atoms with E-state index in [1.807, 2.05) is 43.4 Å². The fraction of sp³-hybridized carbons (Fsp3) is 0.267. The van der Waals surface area contributed by atoms with Gasteiger partial charge in [0.25, 0.3) is 0 Å². The van der Waals surface area contributed by atoms with E-state index in [4.69, 9.17) is 16.0 Å². The molecule has 1 aromatic carbocycles. The molecule has 0 amide bonds. The molecule has 3 aromatic rings. The topological polar surface area (TPSA) is 68.8 Å². The van der Waals surface area contributed by atoms with Gasteiger partial charge in [0.05, 0.1) is 11.6 Å². The SMILES string of the molecule is Cn1nnnc1SCCNCc1ccc(-c2ccccc2Cl)o1.[Cl-]. The van der Waals surface area contributed by atoms with Crippen molar-refractivity contribution in [2.24, 2.45) is 7.05 Å². The van der Waals surface area contributed by atoms with E-state index in [0.717, 1.165) is 34.5 Å². The van der Waals surface area contributed by atoms with E-state index in [-0.39, 0.29) is 12.4 Å². The van der Waals surface area contributed by atoms with Crippen LogP contribution in [0.5, 0.6) is 0 Å². The van der Waals surface area contributed by atoms with Crippen LogP contribution in [0.2, 0.25) is 5.02 Å². The van der Waals surface area contributed by atoms with Crippen molar-refractivity contribution >= 4 is 23.4 Å². The van der Waals surface area contributed by atoms with E-state index in [0.29, 0.717) is 11.6 Å². The number of thioether (sulfide) groups is 1. The number of benzene rings is 1. The highest BCUT2D eigenvalue weighted by atomic mass is 35.5. The van der Waals surface area contributed by atoms with Gasteiger partial charge in [0.15, 0.2) is 0 Å². The molecule has 1 N–H and O–H groups in total. The number of rotatable bonds is 7. The van der Waals surface area contributed by atoms with Gasteiger partial charge in [0.1, 0.15) is 11.5 Å². The molecule has 2 heterocycles. The fourth-order valence-electron chi connectivity index (χ4n) is 2.05. The molecule has 0 atom stereocenters. The zero-order valence-electron chi connectivity index (χ0n) is 12.9. The molecule has 0 saturated carbocycles. The van der Waals surface area contributed by atoms with Crippen LogP contribution in [0.4, 0.5) is 0 Å². The first-order valence-corrected chi connectivity index (χ1v) is 8.50. The van der Waals surface area contributed by atoms with Crippen molar-refractivity contribution in [3.8, 4) is 11.3 Å². The maximum Gasteiger partial charge on any atom is 0.209 e. The number of hydrogen-bond donors (Lipinski definition) is 1. The molecular formula is C15H16Cl2N5OS-. The van der Waals surface area contributed by atoms with Gasteiger partial charge in [-0.3, -0.25) is 0 Å². The van der Waals surface area contributed by atoms with Gasteiger partial charge in [0.2, 0.25) is 5.16 Å². The third kappa shape index (κ3) is 4.73. The van der Waals surface area contributed by atoms with Crippen molar-refractivity contribution in [2.45, 2.75) is 11.7 Å². The van der Waals surface area contributed by atoms with Gasteiger partial charge >= 0.3 is 0 Å². The second-order valence-electron chi connectivity index (χ2n) is 4.86. The third-order valence-electron chi connectivity index (χ3n) is 3.19. The molecule has 0 aliphatic rings. The Morgan fingerprint density at radius 1 is 1.25 bits per heavy atom. The molecule has 0 bridgehead atoms. The summed E-state index contributed by atoms with van der Waals surface area (Å²) in [6, 6.07) is 11.6. The first-order valence-electron chi connectivity index (χ1n) is 7.13. The van der Waals surface area contributed by atoms with Crippen LogP contribution < -0.4 is 17.7 Å². The molecule has 0 fully saturated rings. The molecule has 0 radical (unpaired) electrons. The van der Waals surface area contributed by atoms with Gasteiger partial charge in [-0.1, -0.05) is 35.5 Å². The lowest BCUT2D eigenvalue weighted by molar-refractivity contribution is -0.00000533. The zero-order chi connectivity index (χ0) is 16.1. The summed E-state index contributed by atoms with van der Waals surface area (Å²) in [5.74, 6) is 2.55. The van der Waals surface area contributed by atoms with Crippen molar-refractivity contribution in [3.05, 3.63) is 47.2 Å². The first-order chi connectivity index (χ1) is 11.2. The minimum absolute atomic E-state index is 0. The number of aryl methyl sites for hydroxylation is 1. The van der Waals surface area contributed by atoms with Crippen LogP contribution in [0, 0.1) is 0 Å². The second kappa shape index (κ2) is 9.08. The highest BCUT2D eigenvalue weighted by Crippen LogP contribution is 2.28. The number of tetrazole rings is 1. The van der Waals surface area contributed by atoms with Gasteiger partial charge in [-0.15, -0.1) is 5.10 Å². The minimum Gasteiger partial charge on any atom is -1.00 e. The lowest BCUT2D eigenvalue weighted by Gasteiger charge is -2.03. The molecule has 24 heavy (non-hydrogen) atoms. The van der Waals surface area contributed by atoms with Crippen molar-refractivity contribution in [1.29, 1.82) is 0 Å². The van der Waals surface area contributed by atoms with E-state index < -0.39 is 0 Å². The summed E-state index contributed by atoms with van der Waals surface area (Å²) < 4.78 is 7.49. The van der Waals surface area contributed by atoms with Crippen LogP contribution in [-0.2, 0) is 13.6 Å². The standard InChI is InChI=1S/C15H16ClN5OS.ClH/c1-21-15(18-19-20-21)23-9-8-17-10-11-6-7-14(22-11)12-4-2-3-5-13(12)16;/h2-7,17H,8-10H2,1H3;1H/p-1. The second-order valence-corrected chi connectivity index (χ2v) is 6.33. The Kier molecular flexibility index (Phi) is 7.11. The van der Waals surface area contributed by atoms with Crippen molar-refractivity contribution in [3.63, 3.8) is 0 Å². The smallest absolute Gasteiger partial charge is 0.209 e. The largest absolute Gasteiger partial charge is 1.00 e. The Morgan fingerprint density at radius 2 is 2.08 bits per heavy atom. The lowest BCUT2D eigenvalue weighted by Crippen LogP contribution is -3.00. The van der Waals surface area contributed by atoms with Gasteiger partial charge in [-0.2, -0.15) is 0 Å². The molecule has 6 nitrogen and oxygen atoms in total. The first kappa shape index (κ1) is 18.8. The predicted octanol–water partition coefficient (Wildman–Crippen LogP) is 0.00940. The summed E-state index contributed by atoms with van der Waals surface area (Å²) in [5, 5.41) is 16.2. The van der Waals surface area contributed by atoms with E-state index in [1.165, 1.54) is 0 Å². The summed E-state index contributed by atoms with van der Waals surface area (Å²) in [7, 11) is 1.83. The molecule has 0 aliphatic carbocycles. The number of hydrogen-bond acceptors (Lipinski definition) is 6. The average Bonchev–Trinajstić information content (AvgIpc) is 3.17. The molecular weight excluding hydrogens is 369 g/mol. The highest BCUT2D eigenvalue weighted by Gasteiger charge is 2.08. The summed E-state index contributed by atoms with van der Waals surface area (Å²) in [5.41, 5.74) is 0.908. The highest BCUT2D eigenvalue weighted by molar-refractivity contribution is 7.99. The monoisotopic (exact) mass is 384 g/mol. The predicted molar refractivity (Wildman–Crippen MR) is 90.4 cm³/mol. The van der Waals surface area contributed by atoms with Crippen molar-refractivity contribution in [2.75, 3.05) is 12.3 Å². The average molecular weight is 385 g/mol. The Balaban J connectivity index is 0.00000208. The Morgan fingerprint density at radius 3 is 2.83 bits per heavy atom. The molecule has 9 heteroatoms. The molecule has 0 spiro atoms. The lowest BCUT2D eigenvalue weighted by atomic mass is 10.2. The Bertz CT molecular complexity index is 777. The van der Waals surface area contributed by atoms with Crippen LogP contribution in [0.25, 0.3) is 11.3 Å². The quantitative estimate of drug-likeness (QED) is 0.457. The normalized spacial score (nSPS) is 10.6. The molecule has 3 rings (SSSR count). The molecule has 0 unspecified atom stereocenters. The van der Waals surface area contributed by atoms with Crippen molar-refractivity contribution < 1.29 is 16.8 Å². The molecule has 0 saturated heterocycles. The van der Waals surface area contributed by atoms with Gasteiger partial charge in [0, 0.05) is 24.9 Å². The van der Waals surface area contributed by atoms with E-state index in [9.17, 15) is 0 Å². The van der Waals surface area contributed by atoms with E-state index in [1.54, 1.807) is 16.4 Å². The van der Waals surface area contributed by atoms with Crippen LogP contribution in [0.3, 0.4) is 0 Å². The number of furan rings is 1. The Labute approximate surface area is 155 Å². The fourth-order valence-corrected chi connectivity index (χ4v) is 3.02. The number of nitrogens with zero attached hydrogens (tertiary/aromatic N) is 4. The van der Waals surface area contributed by atoms with Crippen LogP contribution >= 0.6 is 23.4 Å². The van der Waals surface area contributed by atoms with E-state index in [2.05, 4.69) is 20.8 Å².